The van der Waals surface area contributed by atoms with Crippen molar-refractivity contribution in [1.29, 1.82) is 0 Å². The van der Waals surface area contributed by atoms with Crippen LogP contribution in [0.4, 0.5) is 18.0 Å². The third-order valence-electron chi connectivity index (χ3n) is 3.79. The Balaban J connectivity index is 1.67. The van der Waals surface area contributed by atoms with Crippen LogP contribution >= 0.6 is 0 Å². The maximum atomic E-state index is 12.0. The summed E-state index contributed by atoms with van der Waals surface area (Å²) in [5.74, 6) is 0.780. The van der Waals surface area contributed by atoms with Crippen LogP contribution in [0.25, 0.3) is 6.08 Å². The molecule has 9 heteroatoms. The molecule has 0 bridgehead atoms. The van der Waals surface area contributed by atoms with E-state index in [9.17, 15) is 22.8 Å². The lowest BCUT2D eigenvalue weighted by atomic mass is 9.93. The van der Waals surface area contributed by atoms with Crippen LogP contribution in [0.2, 0.25) is 0 Å². The maximum Gasteiger partial charge on any atom is 0.422 e. The van der Waals surface area contributed by atoms with Crippen molar-refractivity contribution in [2.45, 2.75) is 50.9 Å². The van der Waals surface area contributed by atoms with Crippen molar-refractivity contribution < 1.29 is 36.7 Å². The zero-order chi connectivity index (χ0) is 19.2. The van der Waals surface area contributed by atoms with Crippen LogP contribution in [0.3, 0.4) is 0 Å². The van der Waals surface area contributed by atoms with Crippen LogP contribution in [-0.4, -0.2) is 37.0 Å². The minimum absolute atomic E-state index is 0.297. The molecule has 144 valence electrons. The van der Waals surface area contributed by atoms with Crippen LogP contribution in [0.15, 0.2) is 22.6 Å². The Bertz CT molecular complexity index is 645. The van der Waals surface area contributed by atoms with Crippen LogP contribution in [0, 0.1) is 6.92 Å². The molecule has 1 aromatic heterocycles. The van der Waals surface area contributed by atoms with Gasteiger partial charge < -0.3 is 19.2 Å². The fourth-order valence-corrected chi connectivity index (χ4v) is 2.58. The highest BCUT2D eigenvalue weighted by molar-refractivity contribution is 5.86. The molecule has 0 aromatic carbocycles. The summed E-state index contributed by atoms with van der Waals surface area (Å²) in [6, 6.07) is 3.21. The molecular weight excluding hydrogens is 355 g/mol. The first kappa shape index (κ1) is 19.9. The summed E-state index contributed by atoms with van der Waals surface area (Å²) in [5.41, 5.74) is 0. The first-order chi connectivity index (χ1) is 12.2. The summed E-state index contributed by atoms with van der Waals surface area (Å²) in [4.78, 5) is 23.1. The van der Waals surface area contributed by atoms with E-state index >= 15 is 0 Å². The number of carbonyl (C=O) groups is 2. The number of alkyl halides is 3. The highest BCUT2D eigenvalue weighted by Crippen LogP contribution is 2.22. The van der Waals surface area contributed by atoms with E-state index in [-0.39, 0.29) is 12.1 Å². The van der Waals surface area contributed by atoms with Crippen molar-refractivity contribution in [3.63, 3.8) is 0 Å². The molecule has 0 spiro atoms. The number of esters is 1. The summed E-state index contributed by atoms with van der Waals surface area (Å²) in [5, 5.41) is 2.39. The number of amides is 1. The normalized spacial score (nSPS) is 20.8. The fraction of sp³-hybridized carbons (Fsp3) is 0.529. The van der Waals surface area contributed by atoms with Crippen LogP contribution in [0.5, 0.6) is 0 Å². The van der Waals surface area contributed by atoms with Crippen molar-refractivity contribution in [2.24, 2.45) is 0 Å². The SMILES string of the molecule is Cc1ccc(/C=C/C(=O)OC2CCC(NC(=O)OCC(F)(F)F)CC2)o1. The Labute approximate surface area is 148 Å². The smallest absolute Gasteiger partial charge is 0.422 e. The minimum atomic E-state index is -4.55. The Morgan fingerprint density at radius 1 is 1.27 bits per heavy atom. The van der Waals surface area contributed by atoms with E-state index in [1.165, 1.54) is 12.2 Å². The molecule has 1 aliphatic rings. The predicted octanol–water partition coefficient (Wildman–Crippen LogP) is 3.74. The van der Waals surface area contributed by atoms with Gasteiger partial charge in [-0.25, -0.2) is 9.59 Å². The molecule has 1 aliphatic carbocycles. The number of furan rings is 1. The Morgan fingerprint density at radius 3 is 2.54 bits per heavy atom. The quantitative estimate of drug-likeness (QED) is 0.627. The van der Waals surface area contributed by atoms with Crippen molar-refractivity contribution in [1.82, 2.24) is 5.32 Å². The van der Waals surface area contributed by atoms with Crippen LogP contribution in [-0.2, 0) is 14.3 Å². The number of hydrogen-bond donors (Lipinski definition) is 1. The first-order valence-corrected chi connectivity index (χ1v) is 8.16. The topological polar surface area (TPSA) is 77.8 Å². The van der Waals surface area contributed by atoms with Gasteiger partial charge in [-0.1, -0.05) is 0 Å². The number of nitrogens with one attached hydrogen (secondary N) is 1. The van der Waals surface area contributed by atoms with Gasteiger partial charge in [0.2, 0.25) is 0 Å². The van der Waals surface area contributed by atoms with E-state index in [0.29, 0.717) is 31.4 Å². The summed E-state index contributed by atoms with van der Waals surface area (Å²) in [7, 11) is 0. The zero-order valence-corrected chi connectivity index (χ0v) is 14.2. The van der Waals surface area contributed by atoms with Gasteiger partial charge in [0.15, 0.2) is 6.61 Å². The molecule has 26 heavy (non-hydrogen) atoms. The molecule has 1 heterocycles. The van der Waals surface area contributed by atoms with Crippen molar-refractivity contribution in [2.75, 3.05) is 6.61 Å². The second-order valence-electron chi connectivity index (χ2n) is 6.03. The maximum absolute atomic E-state index is 12.0. The highest BCUT2D eigenvalue weighted by Gasteiger charge is 2.30. The molecule has 1 aromatic rings. The summed E-state index contributed by atoms with van der Waals surface area (Å²) >= 11 is 0. The van der Waals surface area contributed by atoms with E-state index in [0.717, 1.165) is 5.76 Å². The molecule has 0 unspecified atom stereocenters. The number of aryl methyl sites for hydroxylation is 1. The highest BCUT2D eigenvalue weighted by atomic mass is 19.4. The molecule has 0 saturated heterocycles. The lowest BCUT2D eigenvalue weighted by Crippen LogP contribution is -2.40. The Hall–Kier alpha value is -2.45. The first-order valence-electron chi connectivity index (χ1n) is 8.16. The summed E-state index contributed by atoms with van der Waals surface area (Å²) < 4.78 is 50.6. The monoisotopic (exact) mass is 375 g/mol. The molecule has 1 saturated carbocycles. The molecule has 1 fully saturated rings. The second kappa shape index (κ2) is 8.77. The molecule has 1 N–H and O–H groups in total. The van der Waals surface area contributed by atoms with Gasteiger partial charge in [-0.3, -0.25) is 0 Å². The third kappa shape index (κ3) is 7.20. The Kier molecular flexibility index (Phi) is 6.70. The lowest BCUT2D eigenvalue weighted by Gasteiger charge is -2.28. The van der Waals surface area contributed by atoms with Crippen molar-refractivity contribution in [3.05, 3.63) is 29.7 Å². The van der Waals surface area contributed by atoms with Crippen LogP contribution < -0.4 is 5.32 Å². The summed E-state index contributed by atoms with van der Waals surface area (Å²) in [6.45, 7) is 0.175. The van der Waals surface area contributed by atoms with Crippen molar-refractivity contribution in [3.8, 4) is 0 Å². The van der Waals surface area contributed by atoms with E-state index in [4.69, 9.17) is 9.15 Å². The van der Waals surface area contributed by atoms with E-state index < -0.39 is 24.8 Å². The number of rotatable bonds is 5. The van der Waals surface area contributed by atoms with Crippen LogP contribution in [0.1, 0.15) is 37.2 Å². The zero-order valence-electron chi connectivity index (χ0n) is 14.2. The van der Waals surface area contributed by atoms with Gasteiger partial charge in [-0.05, 0) is 50.8 Å². The molecule has 1 amide bonds. The summed E-state index contributed by atoms with van der Waals surface area (Å²) in [6.07, 6.45) is -1.18. The molecule has 0 atom stereocenters. The van der Waals surface area contributed by atoms with Gasteiger partial charge in [0, 0.05) is 12.1 Å². The van der Waals surface area contributed by atoms with E-state index in [2.05, 4.69) is 10.1 Å². The van der Waals surface area contributed by atoms with E-state index in [1.54, 1.807) is 19.1 Å². The van der Waals surface area contributed by atoms with Gasteiger partial charge in [-0.2, -0.15) is 13.2 Å². The van der Waals surface area contributed by atoms with E-state index in [1.807, 2.05) is 0 Å². The number of hydrogen-bond acceptors (Lipinski definition) is 5. The number of halogens is 3. The number of carbonyl (C=O) groups excluding carboxylic acids is 2. The lowest BCUT2D eigenvalue weighted by molar-refractivity contribution is -0.160. The van der Waals surface area contributed by atoms with Gasteiger partial charge in [0.25, 0.3) is 0 Å². The molecular formula is C17H20F3NO5. The average molecular weight is 375 g/mol. The fourth-order valence-electron chi connectivity index (χ4n) is 2.58. The number of ether oxygens (including phenoxy) is 2. The minimum Gasteiger partial charge on any atom is -0.462 e. The van der Waals surface area contributed by atoms with Gasteiger partial charge >= 0.3 is 18.2 Å². The largest absolute Gasteiger partial charge is 0.462 e. The standard InChI is InChI=1S/C17H20F3NO5/c1-11-2-5-13(25-11)8-9-15(22)26-14-6-3-12(4-7-14)21-16(23)24-10-17(18,19)20/h2,5,8-9,12,14H,3-4,6-7,10H2,1H3,(H,21,23)/b9-8+. The van der Waals surface area contributed by atoms with Gasteiger partial charge in [0.05, 0.1) is 0 Å². The second-order valence-corrected chi connectivity index (χ2v) is 6.03. The van der Waals surface area contributed by atoms with Gasteiger partial charge in [0.1, 0.15) is 17.6 Å². The predicted molar refractivity (Wildman–Crippen MR) is 85.2 cm³/mol. The molecule has 0 aliphatic heterocycles. The molecule has 0 radical (unpaired) electrons. The average Bonchev–Trinajstić information content (AvgIpc) is 2.98. The molecule has 2 rings (SSSR count). The Morgan fingerprint density at radius 2 is 1.96 bits per heavy atom. The third-order valence-corrected chi connectivity index (χ3v) is 3.79. The molecule has 6 nitrogen and oxygen atoms in total. The van der Waals surface area contributed by atoms with Crippen molar-refractivity contribution >= 4 is 18.1 Å². The van der Waals surface area contributed by atoms with Gasteiger partial charge in [-0.15, -0.1) is 0 Å². The number of alkyl carbamates (subject to hydrolysis) is 1.